The molecule has 3 rings (SSSR count). The van der Waals surface area contributed by atoms with E-state index in [1.54, 1.807) is 4.90 Å². The van der Waals surface area contributed by atoms with Crippen LogP contribution < -0.4 is 15.6 Å². The van der Waals surface area contributed by atoms with Gasteiger partial charge in [0, 0.05) is 19.0 Å². The van der Waals surface area contributed by atoms with Gasteiger partial charge in [-0.25, -0.2) is 4.39 Å². The number of nitrogens with zero attached hydrogens (tertiary/aromatic N) is 1. The summed E-state index contributed by atoms with van der Waals surface area (Å²) in [5.74, 6) is -1.46. The van der Waals surface area contributed by atoms with Crippen molar-refractivity contribution in [1.82, 2.24) is 15.8 Å². The summed E-state index contributed by atoms with van der Waals surface area (Å²) in [5, 5.41) is 0. The van der Waals surface area contributed by atoms with Crippen LogP contribution in [0.2, 0.25) is 0 Å². The lowest BCUT2D eigenvalue weighted by Gasteiger charge is -2.17. The van der Waals surface area contributed by atoms with E-state index in [0.717, 1.165) is 12.8 Å². The van der Waals surface area contributed by atoms with Gasteiger partial charge in [0.25, 0.3) is 5.91 Å². The molecular formula is C17H20FN3O4. The molecular weight excluding hydrogens is 329 g/mol. The van der Waals surface area contributed by atoms with Gasteiger partial charge in [-0.3, -0.25) is 25.2 Å². The molecule has 1 heterocycles. The van der Waals surface area contributed by atoms with Crippen LogP contribution in [0.25, 0.3) is 0 Å². The third kappa shape index (κ3) is 4.26. The largest absolute Gasteiger partial charge is 0.481 e. The molecule has 0 radical (unpaired) electrons. The van der Waals surface area contributed by atoms with Crippen molar-refractivity contribution in [2.45, 2.75) is 38.3 Å². The predicted molar refractivity (Wildman–Crippen MR) is 85.6 cm³/mol. The Balaban J connectivity index is 1.44. The van der Waals surface area contributed by atoms with Crippen LogP contribution in [0.15, 0.2) is 24.3 Å². The number of rotatable bonds is 5. The second-order valence-electron chi connectivity index (χ2n) is 6.37. The van der Waals surface area contributed by atoms with Crippen molar-refractivity contribution in [3.05, 3.63) is 30.1 Å². The van der Waals surface area contributed by atoms with E-state index in [9.17, 15) is 18.8 Å². The van der Waals surface area contributed by atoms with Gasteiger partial charge in [-0.1, -0.05) is 0 Å². The molecule has 3 amide bonds. The summed E-state index contributed by atoms with van der Waals surface area (Å²) in [6.45, 7) is 1.91. The van der Waals surface area contributed by atoms with E-state index in [0.29, 0.717) is 12.3 Å². The average molecular weight is 349 g/mol. The molecule has 1 aliphatic heterocycles. The molecule has 0 spiro atoms. The van der Waals surface area contributed by atoms with Crippen molar-refractivity contribution in [1.29, 1.82) is 0 Å². The van der Waals surface area contributed by atoms with Crippen molar-refractivity contribution in [2.24, 2.45) is 5.92 Å². The molecule has 2 atom stereocenters. The number of ether oxygens (including phenoxy) is 1. The van der Waals surface area contributed by atoms with Gasteiger partial charge in [-0.15, -0.1) is 0 Å². The van der Waals surface area contributed by atoms with Gasteiger partial charge in [0.2, 0.25) is 11.8 Å². The van der Waals surface area contributed by atoms with Crippen molar-refractivity contribution in [3.8, 4) is 5.75 Å². The Morgan fingerprint density at radius 3 is 2.56 bits per heavy atom. The third-order valence-electron chi connectivity index (χ3n) is 4.32. The molecule has 2 N–H and O–H groups in total. The zero-order valence-electron chi connectivity index (χ0n) is 13.8. The lowest BCUT2D eigenvalue weighted by molar-refractivity contribution is -0.134. The van der Waals surface area contributed by atoms with E-state index in [1.807, 2.05) is 0 Å². The number of hydrogen-bond donors (Lipinski definition) is 2. The molecule has 0 bridgehead atoms. The van der Waals surface area contributed by atoms with Gasteiger partial charge in [-0.2, -0.15) is 0 Å². The zero-order valence-corrected chi connectivity index (χ0v) is 13.8. The van der Waals surface area contributed by atoms with Crippen LogP contribution in [0.5, 0.6) is 5.75 Å². The molecule has 1 aromatic carbocycles. The molecule has 8 heteroatoms. The Kier molecular flexibility index (Phi) is 4.87. The molecule has 2 unspecified atom stereocenters. The maximum Gasteiger partial charge on any atom is 0.279 e. The summed E-state index contributed by atoms with van der Waals surface area (Å²) in [4.78, 5) is 37.7. The summed E-state index contributed by atoms with van der Waals surface area (Å²) < 4.78 is 18.2. The van der Waals surface area contributed by atoms with Crippen LogP contribution in [0.3, 0.4) is 0 Å². The fraction of sp³-hybridized carbons (Fsp3) is 0.471. The van der Waals surface area contributed by atoms with E-state index in [4.69, 9.17) is 4.74 Å². The molecule has 1 aliphatic carbocycles. The number of nitrogens with one attached hydrogen (secondary N) is 2. The normalized spacial score (nSPS) is 21.0. The highest BCUT2D eigenvalue weighted by Crippen LogP contribution is 2.32. The Labute approximate surface area is 144 Å². The number of hydrogen-bond acceptors (Lipinski definition) is 4. The third-order valence-corrected chi connectivity index (χ3v) is 4.32. The monoisotopic (exact) mass is 349 g/mol. The number of benzene rings is 1. The minimum Gasteiger partial charge on any atom is -0.481 e. The van der Waals surface area contributed by atoms with Gasteiger partial charge >= 0.3 is 0 Å². The molecule has 1 saturated carbocycles. The van der Waals surface area contributed by atoms with Gasteiger partial charge in [0.05, 0.1) is 5.92 Å². The van der Waals surface area contributed by atoms with E-state index in [-0.39, 0.29) is 24.3 Å². The molecule has 0 aromatic heterocycles. The number of hydrazine groups is 1. The Hall–Kier alpha value is -2.64. The summed E-state index contributed by atoms with van der Waals surface area (Å²) in [6.07, 6.45) is 1.28. The van der Waals surface area contributed by atoms with Crippen molar-refractivity contribution < 1.29 is 23.5 Å². The second kappa shape index (κ2) is 7.08. The number of likely N-dealkylation sites (tertiary alicyclic amines) is 1. The summed E-state index contributed by atoms with van der Waals surface area (Å²) in [7, 11) is 0. The second-order valence-corrected chi connectivity index (χ2v) is 6.37. The first-order valence-electron chi connectivity index (χ1n) is 8.25. The summed E-state index contributed by atoms with van der Waals surface area (Å²) in [6, 6.07) is 5.56. The summed E-state index contributed by atoms with van der Waals surface area (Å²) in [5.41, 5.74) is 4.64. The maximum absolute atomic E-state index is 12.8. The fourth-order valence-corrected chi connectivity index (χ4v) is 2.74. The quantitative estimate of drug-likeness (QED) is 0.768. The highest BCUT2D eigenvalue weighted by molar-refractivity contribution is 5.91. The highest BCUT2D eigenvalue weighted by Gasteiger charge is 2.41. The molecule has 134 valence electrons. The number of amides is 3. The van der Waals surface area contributed by atoms with E-state index >= 15 is 0 Å². The topological polar surface area (TPSA) is 87.7 Å². The first-order chi connectivity index (χ1) is 11.9. The Morgan fingerprint density at radius 2 is 1.92 bits per heavy atom. The van der Waals surface area contributed by atoms with Crippen LogP contribution in [-0.4, -0.2) is 41.3 Å². The summed E-state index contributed by atoms with van der Waals surface area (Å²) >= 11 is 0. The zero-order chi connectivity index (χ0) is 18.0. The van der Waals surface area contributed by atoms with Crippen LogP contribution >= 0.6 is 0 Å². The highest BCUT2D eigenvalue weighted by atomic mass is 19.1. The fourth-order valence-electron chi connectivity index (χ4n) is 2.74. The molecule has 7 nitrogen and oxygen atoms in total. The van der Waals surface area contributed by atoms with Crippen molar-refractivity contribution in [3.63, 3.8) is 0 Å². The molecule has 2 aliphatic rings. The van der Waals surface area contributed by atoms with E-state index in [2.05, 4.69) is 10.9 Å². The van der Waals surface area contributed by atoms with Crippen molar-refractivity contribution >= 4 is 17.7 Å². The van der Waals surface area contributed by atoms with Gasteiger partial charge in [0.1, 0.15) is 11.6 Å². The first-order valence-corrected chi connectivity index (χ1v) is 8.25. The van der Waals surface area contributed by atoms with Crippen LogP contribution in [0.4, 0.5) is 4.39 Å². The van der Waals surface area contributed by atoms with Gasteiger partial charge in [0.15, 0.2) is 6.10 Å². The van der Waals surface area contributed by atoms with Gasteiger partial charge in [-0.05, 0) is 44.0 Å². The molecule has 1 saturated heterocycles. The average Bonchev–Trinajstić information content (AvgIpc) is 3.36. The van der Waals surface area contributed by atoms with Crippen LogP contribution in [-0.2, 0) is 14.4 Å². The SMILES string of the molecule is CC(Oc1ccc(F)cc1)C(=O)NNC(=O)C1CC(=O)N(C2CC2)C1. The molecule has 1 aromatic rings. The van der Waals surface area contributed by atoms with E-state index in [1.165, 1.54) is 31.2 Å². The van der Waals surface area contributed by atoms with E-state index < -0.39 is 23.7 Å². The standard InChI is InChI=1S/C17H20FN3O4/c1-10(25-14-6-2-12(18)3-7-14)16(23)19-20-17(24)11-8-15(22)21(9-11)13-4-5-13/h2-3,6-7,10-11,13H,4-5,8-9H2,1H3,(H,19,23)(H,20,24). The Bertz CT molecular complexity index is 675. The number of carbonyl (C=O) groups excluding carboxylic acids is 3. The molecule has 25 heavy (non-hydrogen) atoms. The lowest BCUT2D eigenvalue weighted by atomic mass is 10.1. The smallest absolute Gasteiger partial charge is 0.279 e. The van der Waals surface area contributed by atoms with Crippen molar-refractivity contribution in [2.75, 3.05) is 6.54 Å². The lowest BCUT2D eigenvalue weighted by Crippen LogP contribution is -2.49. The van der Waals surface area contributed by atoms with Crippen LogP contribution in [0, 0.1) is 11.7 Å². The minimum absolute atomic E-state index is 0.0120. The predicted octanol–water partition coefficient (Wildman–Crippen LogP) is 0.751. The molecule has 2 fully saturated rings. The minimum atomic E-state index is -0.876. The Morgan fingerprint density at radius 1 is 1.24 bits per heavy atom. The van der Waals surface area contributed by atoms with Crippen LogP contribution in [0.1, 0.15) is 26.2 Å². The van der Waals surface area contributed by atoms with Gasteiger partial charge < -0.3 is 9.64 Å². The number of halogens is 1. The number of carbonyl (C=O) groups is 3. The first kappa shape index (κ1) is 17.2. The maximum atomic E-state index is 12.8.